The zero-order valence-electron chi connectivity index (χ0n) is 41.5. The molecule has 1 saturated heterocycles. The van der Waals surface area contributed by atoms with Crippen molar-refractivity contribution in [1.82, 2.24) is 5.32 Å². The molecule has 0 aliphatic carbocycles. The van der Waals surface area contributed by atoms with Crippen LogP contribution < -0.4 is 5.32 Å². The molecular weight excluding hydrogens is 815 g/mol. The Labute approximate surface area is 398 Å². The van der Waals surface area contributed by atoms with E-state index in [1.165, 1.54) is 116 Å². The molecule has 0 aromatic rings. The number of ether oxygens (including phenoxy) is 2. The summed E-state index contributed by atoms with van der Waals surface area (Å²) >= 11 is 0. The number of hydrogen-bond acceptors (Lipinski definition) is 8. The van der Waals surface area contributed by atoms with Gasteiger partial charge in [-0.05, 0) is 83.5 Å². The van der Waals surface area contributed by atoms with Crippen LogP contribution in [0.25, 0.3) is 0 Å². The van der Waals surface area contributed by atoms with Crippen LogP contribution in [-0.2, 0) is 14.3 Å². The molecule has 1 heterocycles. The molecular formula is C56H99NO8. The zero-order valence-corrected chi connectivity index (χ0v) is 41.5. The molecule has 376 valence electrons. The van der Waals surface area contributed by atoms with Gasteiger partial charge in [-0.2, -0.15) is 0 Å². The number of carbonyl (C=O) groups is 1. The second kappa shape index (κ2) is 45.4. The molecule has 0 radical (unpaired) electrons. The molecule has 7 unspecified atom stereocenters. The van der Waals surface area contributed by atoms with Crippen LogP contribution in [0.1, 0.15) is 219 Å². The maximum Gasteiger partial charge on any atom is 0.220 e. The van der Waals surface area contributed by atoms with E-state index in [1.54, 1.807) is 6.08 Å². The summed E-state index contributed by atoms with van der Waals surface area (Å²) in [6, 6.07) is -0.839. The summed E-state index contributed by atoms with van der Waals surface area (Å²) in [6.45, 7) is 3.74. The van der Waals surface area contributed by atoms with Crippen molar-refractivity contribution in [3.05, 3.63) is 72.9 Å². The summed E-state index contributed by atoms with van der Waals surface area (Å²) < 4.78 is 11.2. The maximum atomic E-state index is 13.0. The van der Waals surface area contributed by atoms with Crippen LogP contribution in [-0.4, -0.2) is 87.5 Å². The van der Waals surface area contributed by atoms with Crippen molar-refractivity contribution in [3.63, 3.8) is 0 Å². The Balaban J connectivity index is 2.34. The molecule has 7 atom stereocenters. The molecule has 9 nitrogen and oxygen atoms in total. The molecule has 1 fully saturated rings. The third-order valence-electron chi connectivity index (χ3n) is 12.2. The van der Waals surface area contributed by atoms with Crippen LogP contribution in [0.5, 0.6) is 0 Å². The van der Waals surface area contributed by atoms with Gasteiger partial charge in [0.15, 0.2) is 6.29 Å². The highest BCUT2D eigenvalue weighted by atomic mass is 16.7. The average Bonchev–Trinajstić information content (AvgIpc) is 3.31. The molecule has 1 rings (SSSR count). The van der Waals surface area contributed by atoms with Crippen LogP contribution in [0.15, 0.2) is 72.9 Å². The molecule has 9 heteroatoms. The SMILES string of the molecule is CCCCCCC/C=C\C/C=C\C/C=C\CCCCCCCCC(=O)NC(COC1OC(CO)C(O)C(O)C1O)C(O)/C=C/CC/C=C/CC/C=C/CCCCCCCCCCCCC. The van der Waals surface area contributed by atoms with Gasteiger partial charge in [-0.25, -0.2) is 0 Å². The minimum Gasteiger partial charge on any atom is -0.394 e. The maximum absolute atomic E-state index is 13.0. The molecule has 65 heavy (non-hydrogen) atoms. The molecule has 6 N–H and O–H groups in total. The average molecular weight is 914 g/mol. The second-order valence-electron chi connectivity index (χ2n) is 18.3. The number of aliphatic hydroxyl groups excluding tert-OH is 5. The van der Waals surface area contributed by atoms with Gasteiger partial charge in [-0.3, -0.25) is 4.79 Å². The van der Waals surface area contributed by atoms with Gasteiger partial charge in [-0.1, -0.05) is 202 Å². The molecule has 0 spiro atoms. The number of carbonyl (C=O) groups excluding carboxylic acids is 1. The quantitative estimate of drug-likeness (QED) is 0.0261. The standard InChI is InChI=1S/C56H99NO8/c1-3-5-7-9-11-13-15-17-19-21-23-25-27-29-31-33-35-37-39-41-43-45-50(59)49(48-64-56-55(63)54(62)53(61)51(47-58)65-56)57-52(60)46-44-42-40-38-36-34-32-30-28-26-24-22-20-18-16-14-12-10-8-6-4-2/h16,18,22,24,27-30,35,37,43,45,49-51,53-56,58-59,61-63H,3-15,17,19-21,23,25-26,31-34,36,38-42,44,46-48H2,1-2H3,(H,57,60)/b18-16-,24-22-,29-27+,30-28-,37-35+,45-43+. The summed E-state index contributed by atoms with van der Waals surface area (Å²) in [5.74, 6) is -0.205. The van der Waals surface area contributed by atoms with E-state index in [2.05, 4.69) is 79.9 Å². The topological polar surface area (TPSA) is 149 Å². The largest absolute Gasteiger partial charge is 0.394 e. The van der Waals surface area contributed by atoms with Crippen LogP contribution in [0.4, 0.5) is 0 Å². The highest BCUT2D eigenvalue weighted by Crippen LogP contribution is 2.22. The fourth-order valence-electron chi connectivity index (χ4n) is 7.96. The lowest BCUT2D eigenvalue weighted by atomic mass is 9.99. The highest BCUT2D eigenvalue weighted by Gasteiger charge is 2.44. The van der Waals surface area contributed by atoms with Crippen LogP contribution in [0, 0.1) is 0 Å². The second-order valence-corrected chi connectivity index (χ2v) is 18.3. The van der Waals surface area contributed by atoms with E-state index in [1.807, 2.05) is 6.08 Å². The van der Waals surface area contributed by atoms with Gasteiger partial charge in [0.2, 0.25) is 5.91 Å². The Bertz CT molecular complexity index is 1240. The molecule has 0 aromatic heterocycles. The van der Waals surface area contributed by atoms with Gasteiger partial charge < -0.3 is 40.3 Å². The van der Waals surface area contributed by atoms with E-state index in [0.717, 1.165) is 83.5 Å². The van der Waals surface area contributed by atoms with E-state index < -0.39 is 49.5 Å². The van der Waals surface area contributed by atoms with Crippen molar-refractivity contribution < 1.29 is 39.8 Å². The zero-order chi connectivity index (χ0) is 47.3. The number of aliphatic hydroxyl groups is 5. The predicted octanol–water partition coefficient (Wildman–Crippen LogP) is 12.5. The monoisotopic (exact) mass is 914 g/mol. The third-order valence-corrected chi connectivity index (χ3v) is 12.2. The molecule has 1 aliphatic heterocycles. The first-order chi connectivity index (χ1) is 31.8. The minimum atomic E-state index is -1.58. The Kier molecular flexibility index (Phi) is 42.4. The van der Waals surface area contributed by atoms with E-state index in [9.17, 15) is 30.3 Å². The summed E-state index contributed by atoms with van der Waals surface area (Å²) in [6.07, 6.45) is 55.2. The Morgan fingerprint density at radius 1 is 0.523 bits per heavy atom. The van der Waals surface area contributed by atoms with Crippen molar-refractivity contribution in [2.75, 3.05) is 13.2 Å². The predicted molar refractivity (Wildman–Crippen MR) is 272 cm³/mol. The van der Waals surface area contributed by atoms with Crippen molar-refractivity contribution in [2.24, 2.45) is 0 Å². The first-order valence-electron chi connectivity index (χ1n) is 26.7. The molecule has 1 amide bonds. The van der Waals surface area contributed by atoms with E-state index >= 15 is 0 Å². The number of hydrogen-bond donors (Lipinski definition) is 6. The smallest absolute Gasteiger partial charge is 0.220 e. The Morgan fingerprint density at radius 3 is 1.40 bits per heavy atom. The third kappa shape index (κ3) is 35.4. The van der Waals surface area contributed by atoms with Crippen molar-refractivity contribution in [3.8, 4) is 0 Å². The first kappa shape index (κ1) is 60.6. The van der Waals surface area contributed by atoms with Gasteiger partial charge in [0.25, 0.3) is 0 Å². The van der Waals surface area contributed by atoms with Gasteiger partial charge in [-0.15, -0.1) is 0 Å². The Hall–Kier alpha value is -2.37. The Morgan fingerprint density at radius 2 is 0.923 bits per heavy atom. The normalized spacial score (nSPS) is 20.5. The number of allylic oxidation sites excluding steroid dienone is 11. The lowest BCUT2D eigenvalue weighted by Crippen LogP contribution is -2.60. The molecule has 0 aromatic carbocycles. The fourth-order valence-corrected chi connectivity index (χ4v) is 7.96. The summed E-state index contributed by atoms with van der Waals surface area (Å²) in [5.41, 5.74) is 0. The van der Waals surface area contributed by atoms with Crippen molar-refractivity contribution >= 4 is 5.91 Å². The summed E-state index contributed by atoms with van der Waals surface area (Å²) in [4.78, 5) is 13.0. The highest BCUT2D eigenvalue weighted by molar-refractivity contribution is 5.76. The van der Waals surface area contributed by atoms with E-state index in [-0.39, 0.29) is 12.5 Å². The van der Waals surface area contributed by atoms with Crippen molar-refractivity contribution in [2.45, 2.75) is 262 Å². The number of amides is 1. The number of unbranched alkanes of at least 4 members (excludes halogenated alkanes) is 24. The van der Waals surface area contributed by atoms with Gasteiger partial charge in [0.05, 0.1) is 25.4 Å². The lowest BCUT2D eigenvalue weighted by Gasteiger charge is -2.40. The number of rotatable bonds is 44. The molecule has 1 aliphatic rings. The molecule has 0 saturated carbocycles. The van der Waals surface area contributed by atoms with Crippen LogP contribution >= 0.6 is 0 Å². The van der Waals surface area contributed by atoms with Gasteiger partial charge >= 0.3 is 0 Å². The summed E-state index contributed by atoms with van der Waals surface area (Å²) in [5, 5.41) is 54.4. The van der Waals surface area contributed by atoms with Gasteiger partial charge in [0.1, 0.15) is 24.4 Å². The first-order valence-corrected chi connectivity index (χ1v) is 26.7. The lowest BCUT2D eigenvalue weighted by molar-refractivity contribution is -0.302. The fraction of sp³-hybridized carbons (Fsp3) is 0.768. The summed E-state index contributed by atoms with van der Waals surface area (Å²) in [7, 11) is 0. The van der Waals surface area contributed by atoms with Crippen molar-refractivity contribution in [1.29, 1.82) is 0 Å². The number of nitrogens with one attached hydrogen (secondary N) is 1. The molecule has 0 bridgehead atoms. The van der Waals surface area contributed by atoms with Crippen LogP contribution in [0.2, 0.25) is 0 Å². The van der Waals surface area contributed by atoms with Crippen LogP contribution in [0.3, 0.4) is 0 Å². The van der Waals surface area contributed by atoms with Gasteiger partial charge in [0, 0.05) is 6.42 Å². The minimum absolute atomic E-state index is 0.205. The van der Waals surface area contributed by atoms with E-state index in [0.29, 0.717) is 6.42 Å². The van der Waals surface area contributed by atoms with E-state index in [4.69, 9.17) is 9.47 Å².